The first-order valence-corrected chi connectivity index (χ1v) is 8.23. The molecule has 6 heteroatoms. The largest absolute Gasteiger partial charge is 0.496 e. The van der Waals surface area contributed by atoms with Crippen LogP contribution in [0.2, 0.25) is 0 Å². The number of benzene rings is 1. The number of carbonyl (C=O) groups excluding carboxylic acids is 2. The molecule has 1 aromatic rings. The van der Waals surface area contributed by atoms with E-state index >= 15 is 0 Å². The summed E-state index contributed by atoms with van der Waals surface area (Å²) in [6.45, 7) is 7.38. The summed E-state index contributed by atoms with van der Waals surface area (Å²) in [6.07, 6.45) is 0.871. The van der Waals surface area contributed by atoms with E-state index in [-0.39, 0.29) is 29.4 Å². The number of nitrogens with one attached hydrogen (secondary N) is 3. The molecular formula is C18H27N3O3. The Hall–Kier alpha value is -2.24. The number of hydrogen-bond acceptors (Lipinski definition) is 3. The molecule has 1 fully saturated rings. The Kier molecular flexibility index (Phi) is 5.36. The average molecular weight is 333 g/mol. The fourth-order valence-corrected chi connectivity index (χ4v) is 2.62. The number of carbonyl (C=O) groups is 2. The van der Waals surface area contributed by atoms with E-state index in [1.165, 1.54) is 0 Å². The van der Waals surface area contributed by atoms with Crippen LogP contribution in [-0.2, 0) is 4.79 Å². The zero-order chi connectivity index (χ0) is 17.9. The lowest BCUT2D eigenvalue weighted by atomic mass is 10.1. The van der Waals surface area contributed by atoms with Crippen molar-refractivity contribution < 1.29 is 14.3 Å². The van der Waals surface area contributed by atoms with Crippen molar-refractivity contribution in [2.75, 3.05) is 7.11 Å². The van der Waals surface area contributed by atoms with Gasteiger partial charge in [0.25, 0.3) is 0 Å². The number of ether oxygens (including phenoxy) is 1. The summed E-state index contributed by atoms with van der Waals surface area (Å²) >= 11 is 0. The normalized spacial score (nSPS) is 20.7. The molecule has 0 aromatic heterocycles. The molecular weight excluding hydrogens is 306 g/mol. The number of hydrogen-bond donors (Lipinski definition) is 3. The fourth-order valence-electron chi connectivity index (χ4n) is 2.62. The molecule has 0 bridgehead atoms. The van der Waals surface area contributed by atoms with Gasteiger partial charge in [-0.2, -0.15) is 0 Å². The summed E-state index contributed by atoms with van der Waals surface area (Å²) in [5.41, 5.74) is 0.776. The third-order valence-corrected chi connectivity index (χ3v) is 3.88. The van der Waals surface area contributed by atoms with Gasteiger partial charge in [-0.3, -0.25) is 4.79 Å². The zero-order valence-electron chi connectivity index (χ0n) is 15.0. The van der Waals surface area contributed by atoms with E-state index < -0.39 is 6.04 Å². The SMILES string of the molecule is COc1ccccc1[C@@H]1C[C@@H]1NC(=O)N[C@H](C)C(=O)NC(C)(C)C. The van der Waals surface area contributed by atoms with Gasteiger partial charge in [0.15, 0.2) is 0 Å². The molecule has 0 unspecified atom stereocenters. The molecule has 1 saturated carbocycles. The van der Waals surface area contributed by atoms with Crippen LogP contribution in [0.3, 0.4) is 0 Å². The molecule has 3 atom stereocenters. The Balaban J connectivity index is 1.83. The predicted molar refractivity (Wildman–Crippen MR) is 93.2 cm³/mol. The van der Waals surface area contributed by atoms with Crippen molar-refractivity contribution in [3.05, 3.63) is 29.8 Å². The fraction of sp³-hybridized carbons (Fsp3) is 0.556. The second-order valence-corrected chi connectivity index (χ2v) is 7.27. The van der Waals surface area contributed by atoms with Crippen LogP contribution in [0.25, 0.3) is 0 Å². The molecule has 0 heterocycles. The van der Waals surface area contributed by atoms with Gasteiger partial charge >= 0.3 is 6.03 Å². The van der Waals surface area contributed by atoms with E-state index in [1.807, 2.05) is 45.0 Å². The van der Waals surface area contributed by atoms with Crippen molar-refractivity contribution >= 4 is 11.9 Å². The van der Waals surface area contributed by atoms with Crippen LogP contribution in [0.5, 0.6) is 5.75 Å². The number of para-hydroxylation sites is 1. The average Bonchev–Trinajstić information content (AvgIpc) is 3.24. The maximum Gasteiger partial charge on any atom is 0.315 e. The Morgan fingerprint density at radius 3 is 2.54 bits per heavy atom. The Morgan fingerprint density at radius 1 is 1.25 bits per heavy atom. The van der Waals surface area contributed by atoms with Crippen molar-refractivity contribution in [1.29, 1.82) is 0 Å². The molecule has 0 spiro atoms. The molecule has 3 N–H and O–H groups in total. The summed E-state index contributed by atoms with van der Waals surface area (Å²) in [5.74, 6) is 0.894. The molecule has 2 rings (SSSR count). The highest BCUT2D eigenvalue weighted by Crippen LogP contribution is 2.44. The van der Waals surface area contributed by atoms with Gasteiger partial charge in [-0.15, -0.1) is 0 Å². The van der Waals surface area contributed by atoms with Crippen molar-refractivity contribution in [3.8, 4) is 5.75 Å². The number of methoxy groups -OCH3 is 1. The van der Waals surface area contributed by atoms with Gasteiger partial charge in [-0.25, -0.2) is 4.79 Å². The summed E-state index contributed by atoms with van der Waals surface area (Å²) in [6, 6.07) is 6.98. The minimum atomic E-state index is -0.590. The lowest BCUT2D eigenvalue weighted by Gasteiger charge is -2.23. The topological polar surface area (TPSA) is 79.5 Å². The van der Waals surface area contributed by atoms with Gasteiger partial charge in [0.1, 0.15) is 11.8 Å². The third-order valence-electron chi connectivity index (χ3n) is 3.88. The van der Waals surface area contributed by atoms with Crippen LogP contribution in [0, 0.1) is 0 Å². The highest BCUT2D eigenvalue weighted by Gasteiger charge is 2.41. The van der Waals surface area contributed by atoms with Crippen LogP contribution in [0.4, 0.5) is 4.79 Å². The molecule has 6 nitrogen and oxygen atoms in total. The molecule has 0 aliphatic heterocycles. The first-order valence-electron chi connectivity index (χ1n) is 8.23. The summed E-state index contributed by atoms with van der Waals surface area (Å²) in [7, 11) is 1.64. The number of rotatable bonds is 5. The first kappa shape index (κ1) is 18.1. The van der Waals surface area contributed by atoms with Crippen LogP contribution < -0.4 is 20.7 Å². The Bertz CT molecular complexity index is 610. The zero-order valence-corrected chi connectivity index (χ0v) is 15.0. The lowest BCUT2D eigenvalue weighted by molar-refractivity contribution is -0.123. The molecule has 0 saturated heterocycles. The van der Waals surface area contributed by atoms with E-state index in [0.29, 0.717) is 0 Å². The van der Waals surface area contributed by atoms with E-state index in [2.05, 4.69) is 16.0 Å². The third kappa shape index (κ3) is 4.88. The first-order chi connectivity index (χ1) is 11.2. The van der Waals surface area contributed by atoms with Crippen molar-refractivity contribution in [2.24, 2.45) is 0 Å². The van der Waals surface area contributed by atoms with Gasteiger partial charge in [0.2, 0.25) is 5.91 Å². The molecule has 1 aliphatic carbocycles. The smallest absolute Gasteiger partial charge is 0.315 e. The van der Waals surface area contributed by atoms with Crippen LogP contribution in [-0.4, -0.2) is 36.7 Å². The van der Waals surface area contributed by atoms with Crippen molar-refractivity contribution in [2.45, 2.75) is 57.7 Å². The lowest BCUT2D eigenvalue weighted by Crippen LogP contribution is -2.53. The molecule has 0 radical (unpaired) electrons. The maximum atomic E-state index is 12.1. The molecule has 132 valence electrons. The van der Waals surface area contributed by atoms with E-state index in [1.54, 1.807) is 14.0 Å². The second-order valence-electron chi connectivity index (χ2n) is 7.27. The predicted octanol–water partition coefficient (Wildman–Crippen LogP) is 2.15. The summed E-state index contributed by atoms with van der Waals surface area (Å²) in [4.78, 5) is 24.1. The quantitative estimate of drug-likeness (QED) is 0.772. The highest BCUT2D eigenvalue weighted by atomic mass is 16.5. The van der Waals surface area contributed by atoms with Gasteiger partial charge in [0.05, 0.1) is 7.11 Å². The number of urea groups is 1. The molecule has 1 aromatic carbocycles. The Labute approximate surface area is 143 Å². The van der Waals surface area contributed by atoms with Gasteiger partial charge < -0.3 is 20.7 Å². The van der Waals surface area contributed by atoms with E-state index in [4.69, 9.17) is 4.74 Å². The minimum absolute atomic E-state index is 0.0687. The highest BCUT2D eigenvalue weighted by molar-refractivity contribution is 5.87. The standard InChI is InChI=1S/C18H27N3O3/c1-11(16(22)21-18(2,3)4)19-17(23)20-14-10-13(14)12-8-6-7-9-15(12)24-5/h6-9,11,13-14H,10H2,1-5H3,(H,21,22)(H2,19,20,23)/t11-,13+,14+/m1/s1. The van der Waals surface area contributed by atoms with E-state index in [9.17, 15) is 9.59 Å². The molecule has 3 amide bonds. The van der Waals surface area contributed by atoms with Crippen LogP contribution in [0.1, 0.15) is 45.6 Å². The summed E-state index contributed by atoms with van der Waals surface area (Å²) in [5, 5.41) is 8.44. The summed E-state index contributed by atoms with van der Waals surface area (Å²) < 4.78 is 5.36. The van der Waals surface area contributed by atoms with Gasteiger partial charge in [-0.05, 0) is 45.7 Å². The maximum absolute atomic E-state index is 12.1. The monoisotopic (exact) mass is 333 g/mol. The van der Waals surface area contributed by atoms with Gasteiger partial charge in [0, 0.05) is 17.5 Å². The van der Waals surface area contributed by atoms with E-state index in [0.717, 1.165) is 17.7 Å². The molecule has 24 heavy (non-hydrogen) atoms. The van der Waals surface area contributed by atoms with Crippen LogP contribution in [0.15, 0.2) is 24.3 Å². The van der Waals surface area contributed by atoms with Gasteiger partial charge in [-0.1, -0.05) is 18.2 Å². The Morgan fingerprint density at radius 2 is 1.92 bits per heavy atom. The molecule has 1 aliphatic rings. The van der Waals surface area contributed by atoms with Crippen LogP contribution >= 0.6 is 0 Å². The van der Waals surface area contributed by atoms with Crippen molar-refractivity contribution in [1.82, 2.24) is 16.0 Å². The minimum Gasteiger partial charge on any atom is -0.496 e. The number of amides is 3. The second kappa shape index (κ2) is 7.11. The van der Waals surface area contributed by atoms with Crippen molar-refractivity contribution in [3.63, 3.8) is 0 Å².